The second-order valence-corrected chi connectivity index (χ2v) is 4.71. The first kappa shape index (κ1) is 14.1. The number of nitrogens with one attached hydrogen (secondary N) is 2. The zero-order chi connectivity index (χ0) is 13.7. The van der Waals surface area contributed by atoms with Gasteiger partial charge in [-0.05, 0) is 12.1 Å². The molecule has 2 atom stereocenters. The molecular weight excluding hydrogens is 250 g/mol. The zero-order valence-electron chi connectivity index (χ0n) is 10.6. The fraction of sp³-hybridized carbons (Fsp3) is 0.429. The molecule has 0 spiro atoms. The molecule has 2 unspecified atom stereocenters. The first-order valence-electron chi connectivity index (χ1n) is 6.38. The first-order valence-corrected chi connectivity index (χ1v) is 6.38. The standard InChI is InChI=1S/C14H18F2N2O/c15-12-4-3-10(13(16)6-12)2-1-5-17-7-11-8-18-9-14(11)19/h1-4,6,11,14,17-19H,5,7-9H2/b2-1+. The SMILES string of the molecule is OC1CNCC1CNC/C=C/c1ccc(F)cc1F. The van der Waals surface area contributed by atoms with Gasteiger partial charge in [0.2, 0.25) is 0 Å². The molecule has 1 saturated heterocycles. The highest BCUT2D eigenvalue weighted by molar-refractivity contribution is 5.49. The fourth-order valence-corrected chi connectivity index (χ4v) is 2.10. The minimum atomic E-state index is -0.574. The summed E-state index contributed by atoms with van der Waals surface area (Å²) in [6.07, 6.45) is 3.10. The van der Waals surface area contributed by atoms with Crippen molar-refractivity contribution in [3.8, 4) is 0 Å². The molecule has 0 saturated carbocycles. The predicted molar refractivity (Wildman–Crippen MR) is 70.6 cm³/mol. The van der Waals surface area contributed by atoms with E-state index in [0.29, 0.717) is 25.2 Å². The van der Waals surface area contributed by atoms with Gasteiger partial charge in [-0.2, -0.15) is 0 Å². The highest BCUT2D eigenvalue weighted by Crippen LogP contribution is 2.11. The summed E-state index contributed by atoms with van der Waals surface area (Å²) >= 11 is 0. The number of aliphatic hydroxyl groups is 1. The third kappa shape index (κ3) is 4.09. The van der Waals surface area contributed by atoms with Crippen molar-refractivity contribution in [3.63, 3.8) is 0 Å². The lowest BCUT2D eigenvalue weighted by Gasteiger charge is -2.12. The number of hydrogen-bond donors (Lipinski definition) is 3. The van der Waals surface area contributed by atoms with Crippen molar-refractivity contribution in [2.75, 3.05) is 26.2 Å². The van der Waals surface area contributed by atoms with Gasteiger partial charge in [-0.1, -0.05) is 12.2 Å². The van der Waals surface area contributed by atoms with E-state index in [2.05, 4.69) is 10.6 Å². The summed E-state index contributed by atoms with van der Waals surface area (Å²) in [6.45, 7) is 2.75. The molecule has 19 heavy (non-hydrogen) atoms. The summed E-state index contributed by atoms with van der Waals surface area (Å²) < 4.78 is 26.0. The summed E-state index contributed by atoms with van der Waals surface area (Å²) in [5.41, 5.74) is 0.366. The molecule has 1 fully saturated rings. The molecule has 1 aromatic carbocycles. The molecule has 0 amide bonds. The van der Waals surface area contributed by atoms with Gasteiger partial charge >= 0.3 is 0 Å². The van der Waals surface area contributed by atoms with Crippen molar-refractivity contribution < 1.29 is 13.9 Å². The van der Waals surface area contributed by atoms with E-state index >= 15 is 0 Å². The highest BCUT2D eigenvalue weighted by atomic mass is 19.1. The van der Waals surface area contributed by atoms with Crippen molar-refractivity contribution in [2.45, 2.75) is 6.10 Å². The van der Waals surface area contributed by atoms with Crippen LogP contribution in [-0.4, -0.2) is 37.4 Å². The van der Waals surface area contributed by atoms with E-state index < -0.39 is 11.6 Å². The van der Waals surface area contributed by atoms with Crippen molar-refractivity contribution in [1.29, 1.82) is 0 Å². The monoisotopic (exact) mass is 268 g/mol. The van der Waals surface area contributed by atoms with Crippen LogP contribution in [0.3, 0.4) is 0 Å². The molecule has 5 heteroatoms. The smallest absolute Gasteiger partial charge is 0.133 e. The molecule has 3 nitrogen and oxygen atoms in total. The van der Waals surface area contributed by atoms with Crippen molar-refractivity contribution in [2.24, 2.45) is 5.92 Å². The van der Waals surface area contributed by atoms with Gasteiger partial charge in [-0.15, -0.1) is 0 Å². The summed E-state index contributed by atoms with van der Waals surface area (Å²) in [7, 11) is 0. The molecule has 3 N–H and O–H groups in total. The molecular formula is C14H18F2N2O. The Balaban J connectivity index is 1.74. The fourth-order valence-electron chi connectivity index (χ4n) is 2.10. The number of benzene rings is 1. The second kappa shape index (κ2) is 6.75. The van der Waals surface area contributed by atoms with Crippen LogP contribution in [0.5, 0.6) is 0 Å². The summed E-state index contributed by atoms with van der Waals surface area (Å²) in [5.74, 6) is -0.918. The number of rotatable bonds is 5. The minimum Gasteiger partial charge on any atom is -0.391 e. The van der Waals surface area contributed by atoms with Crippen LogP contribution in [0.25, 0.3) is 6.08 Å². The third-order valence-electron chi connectivity index (χ3n) is 3.23. The van der Waals surface area contributed by atoms with E-state index in [-0.39, 0.29) is 12.0 Å². The maximum atomic E-state index is 13.3. The second-order valence-electron chi connectivity index (χ2n) is 4.71. The van der Waals surface area contributed by atoms with Crippen molar-refractivity contribution in [1.82, 2.24) is 10.6 Å². The first-order chi connectivity index (χ1) is 9.16. The maximum Gasteiger partial charge on any atom is 0.133 e. The van der Waals surface area contributed by atoms with E-state index in [1.54, 1.807) is 12.2 Å². The van der Waals surface area contributed by atoms with E-state index in [9.17, 15) is 13.9 Å². The largest absolute Gasteiger partial charge is 0.391 e. The van der Waals surface area contributed by atoms with Crippen LogP contribution in [0, 0.1) is 17.6 Å². The Bertz CT molecular complexity index is 451. The van der Waals surface area contributed by atoms with Gasteiger partial charge in [0.25, 0.3) is 0 Å². The lowest BCUT2D eigenvalue weighted by atomic mass is 10.1. The van der Waals surface area contributed by atoms with Crippen LogP contribution in [0.2, 0.25) is 0 Å². The van der Waals surface area contributed by atoms with Gasteiger partial charge in [0.05, 0.1) is 6.10 Å². The topological polar surface area (TPSA) is 44.3 Å². The molecule has 2 rings (SSSR count). The summed E-state index contributed by atoms with van der Waals surface area (Å²) in [4.78, 5) is 0. The van der Waals surface area contributed by atoms with E-state index in [1.807, 2.05) is 0 Å². The van der Waals surface area contributed by atoms with Crippen molar-refractivity contribution >= 4 is 6.08 Å². The number of halogens is 2. The molecule has 1 aromatic rings. The zero-order valence-corrected chi connectivity index (χ0v) is 10.6. The van der Waals surface area contributed by atoms with Crippen molar-refractivity contribution in [3.05, 3.63) is 41.5 Å². The lowest BCUT2D eigenvalue weighted by molar-refractivity contribution is 0.147. The summed E-state index contributed by atoms with van der Waals surface area (Å²) in [5, 5.41) is 15.9. The Morgan fingerprint density at radius 2 is 2.21 bits per heavy atom. The van der Waals surface area contributed by atoms with Crippen LogP contribution < -0.4 is 10.6 Å². The average Bonchev–Trinajstić information content (AvgIpc) is 2.77. The number of hydrogen-bond acceptors (Lipinski definition) is 3. The normalized spacial score (nSPS) is 23.3. The third-order valence-corrected chi connectivity index (χ3v) is 3.23. The Labute approximate surface area is 111 Å². The summed E-state index contributed by atoms with van der Waals surface area (Å²) in [6, 6.07) is 3.51. The van der Waals surface area contributed by atoms with Gasteiger partial charge in [0.1, 0.15) is 11.6 Å². The highest BCUT2D eigenvalue weighted by Gasteiger charge is 2.23. The average molecular weight is 268 g/mol. The molecule has 0 bridgehead atoms. The molecule has 1 aliphatic rings. The predicted octanol–water partition coefficient (Wildman–Crippen LogP) is 1.15. The molecule has 0 aromatic heterocycles. The van der Waals surface area contributed by atoms with Crippen LogP contribution in [0.15, 0.2) is 24.3 Å². The Hall–Kier alpha value is -1.30. The van der Waals surface area contributed by atoms with Gasteiger partial charge in [-0.3, -0.25) is 0 Å². The minimum absolute atomic E-state index is 0.218. The number of aliphatic hydroxyl groups excluding tert-OH is 1. The van der Waals surface area contributed by atoms with Gasteiger partial charge in [0.15, 0.2) is 0 Å². The van der Waals surface area contributed by atoms with Gasteiger partial charge in [-0.25, -0.2) is 8.78 Å². The Morgan fingerprint density at radius 1 is 1.37 bits per heavy atom. The number of β-amino-alcohol motifs (C(OH)–C–C–N with tert-alkyl or cyclic N) is 1. The molecule has 104 valence electrons. The maximum absolute atomic E-state index is 13.3. The quantitative estimate of drug-likeness (QED) is 0.702. The molecule has 0 radical (unpaired) electrons. The van der Waals surface area contributed by atoms with Crippen LogP contribution in [-0.2, 0) is 0 Å². The van der Waals surface area contributed by atoms with Gasteiger partial charge < -0.3 is 15.7 Å². The van der Waals surface area contributed by atoms with E-state index in [1.165, 1.54) is 12.1 Å². The Morgan fingerprint density at radius 3 is 2.89 bits per heavy atom. The van der Waals surface area contributed by atoms with E-state index in [4.69, 9.17) is 0 Å². The molecule has 1 heterocycles. The van der Waals surface area contributed by atoms with Gasteiger partial charge in [0, 0.05) is 43.7 Å². The van der Waals surface area contributed by atoms with Crippen LogP contribution >= 0.6 is 0 Å². The van der Waals surface area contributed by atoms with Crippen LogP contribution in [0.1, 0.15) is 5.56 Å². The molecule has 1 aliphatic heterocycles. The lowest BCUT2D eigenvalue weighted by Crippen LogP contribution is -2.30. The Kier molecular flexibility index (Phi) is 5.01. The molecule has 0 aliphatic carbocycles. The van der Waals surface area contributed by atoms with E-state index in [0.717, 1.165) is 12.6 Å². The van der Waals surface area contributed by atoms with Crippen LogP contribution in [0.4, 0.5) is 8.78 Å².